The highest BCUT2D eigenvalue weighted by Crippen LogP contribution is 2.30. The Morgan fingerprint density at radius 1 is 1.24 bits per heavy atom. The second-order valence-electron chi connectivity index (χ2n) is 5.20. The summed E-state index contributed by atoms with van der Waals surface area (Å²) in [4.78, 5) is 9.38. The molecule has 0 saturated carbocycles. The van der Waals surface area contributed by atoms with E-state index in [-0.39, 0.29) is 18.2 Å². The number of aromatic nitrogens is 2. The minimum Gasteiger partial charge on any atom is -0.350 e. The van der Waals surface area contributed by atoms with Gasteiger partial charge in [-0.05, 0) is 18.9 Å². The van der Waals surface area contributed by atoms with Crippen molar-refractivity contribution in [3.05, 3.63) is 18.0 Å². The van der Waals surface area contributed by atoms with E-state index in [9.17, 15) is 13.2 Å². The zero-order chi connectivity index (χ0) is 14.9. The van der Waals surface area contributed by atoms with Gasteiger partial charge >= 0.3 is 6.18 Å². The lowest BCUT2D eigenvalue weighted by atomic mass is 9.98. The number of nitrogens with zero attached hydrogens (tertiary/aromatic N) is 3. The van der Waals surface area contributed by atoms with Crippen molar-refractivity contribution in [1.29, 1.82) is 0 Å². The molecule has 2 aliphatic heterocycles. The smallest absolute Gasteiger partial charge is 0.350 e. The molecule has 3 heterocycles. The number of anilines is 1. The van der Waals surface area contributed by atoms with E-state index in [0.717, 1.165) is 25.1 Å². The van der Waals surface area contributed by atoms with E-state index in [1.165, 1.54) is 0 Å². The van der Waals surface area contributed by atoms with Crippen LogP contribution in [-0.4, -0.2) is 42.6 Å². The van der Waals surface area contributed by atoms with Crippen molar-refractivity contribution in [2.45, 2.75) is 25.3 Å². The summed E-state index contributed by atoms with van der Waals surface area (Å²) < 4.78 is 49.1. The molecular formula is C13H16F3N3O2. The average Bonchev–Trinajstić information content (AvgIpc) is 3.01. The average molecular weight is 303 g/mol. The van der Waals surface area contributed by atoms with E-state index in [4.69, 9.17) is 9.47 Å². The Morgan fingerprint density at radius 3 is 2.71 bits per heavy atom. The van der Waals surface area contributed by atoms with Crippen molar-refractivity contribution in [1.82, 2.24) is 9.97 Å². The Kier molecular flexibility index (Phi) is 3.99. The largest absolute Gasteiger partial charge is 0.433 e. The SMILES string of the molecule is FC(F)(F)c1ccnc(N2CCC[C@@H](C3OCCO3)C2)n1. The molecule has 0 spiro atoms. The molecule has 1 atom stereocenters. The van der Waals surface area contributed by atoms with E-state index in [0.29, 0.717) is 26.3 Å². The molecule has 21 heavy (non-hydrogen) atoms. The summed E-state index contributed by atoms with van der Waals surface area (Å²) in [5, 5.41) is 0. The standard InChI is InChI=1S/C13H16F3N3O2/c14-13(15,16)10-3-4-17-12(18-10)19-5-1-2-9(8-19)11-20-6-7-21-11/h3-4,9,11H,1-2,5-8H2/t9-/m1/s1. The number of alkyl halides is 3. The Balaban J connectivity index is 1.74. The number of ether oxygens (including phenoxy) is 2. The highest BCUT2D eigenvalue weighted by atomic mass is 19.4. The summed E-state index contributed by atoms with van der Waals surface area (Å²) in [6, 6.07) is 0.883. The first kappa shape index (κ1) is 14.5. The number of hydrogen-bond acceptors (Lipinski definition) is 5. The van der Waals surface area contributed by atoms with Crippen LogP contribution in [0.25, 0.3) is 0 Å². The molecule has 1 aromatic rings. The molecule has 5 nitrogen and oxygen atoms in total. The maximum absolute atomic E-state index is 12.7. The molecule has 0 bridgehead atoms. The fourth-order valence-electron chi connectivity index (χ4n) is 2.72. The first-order valence-electron chi connectivity index (χ1n) is 6.92. The van der Waals surface area contributed by atoms with Gasteiger partial charge in [0, 0.05) is 25.2 Å². The third kappa shape index (κ3) is 3.26. The third-order valence-electron chi connectivity index (χ3n) is 3.71. The zero-order valence-electron chi connectivity index (χ0n) is 11.3. The van der Waals surface area contributed by atoms with Crippen molar-refractivity contribution >= 4 is 5.95 Å². The molecule has 0 amide bonds. The molecule has 8 heteroatoms. The van der Waals surface area contributed by atoms with Gasteiger partial charge in [-0.25, -0.2) is 9.97 Å². The van der Waals surface area contributed by atoms with Crippen molar-refractivity contribution in [3.8, 4) is 0 Å². The fraction of sp³-hybridized carbons (Fsp3) is 0.692. The van der Waals surface area contributed by atoms with Gasteiger partial charge in [-0.15, -0.1) is 0 Å². The van der Waals surface area contributed by atoms with E-state index in [1.54, 1.807) is 4.90 Å². The van der Waals surface area contributed by atoms with Gasteiger partial charge in [0.2, 0.25) is 5.95 Å². The monoisotopic (exact) mass is 303 g/mol. The van der Waals surface area contributed by atoms with E-state index in [2.05, 4.69) is 9.97 Å². The van der Waals surface area contributed by atoms with E-state index in [1.807, 2.05) is 0 Å². The molecule has 2 fully saturated rings. The minimum atomic E-state index is -4.45. The number of piperidine rings is 1. The van der Waals surface area contributed by atoms with Crippen LogP contribution in [0.15, 0.2) is 12.3 Å². The normalized spacial score (nSPS) is 24.5. The summed E-state index contributed by atoms with van der Waals surface area (Å²) in [6.07, 6.45) is -1.78. The van der Waals surface area contributed by atoms with Crippen LogP contribution in [0.3, 0.4) is 0 Å². The Hall–Kier alpha value is -1.41. The quantitative estimate of drug-likeness (QED) is 0.837. The molecule has 0 N–H and O–H groups in total. The highest BCUT2D eigenvalue weighted by Gasteiger charge is 2.35. The molecule has 0 unspecified atom stereocenters. The number of rotatable bonds is 2. The van der Waals surface area contributed by atoms with Crippen LogP contribution >= 0.6 is 0 Å². The predicted molar refractivity (Wildman–Crippen MR) is 67.7 cm³/mol. The Bertz CT molecular complexity index is 492. The molecule has 2 aliphatic rings. The number of hydrogen-bond donors (Lipinski definition) is 0. The van der Waals surface area contributed by atoms with Gasteiger partial charge < -0.3 is 14.4 Å². The molecule has 2 saturated heterocycles. The second-order valence-corrected chi connectivity index (χ2v) is 5.20. The van der Waals surface area contributed by atoms with Gasteiger partial charge in [0.05, 0.1) is 13.2 Å². The van der Waals surface area contributed by atoms with Gasteiger partial charge in [-0.1, -0.05) is 0 Å². The van der Waals surface area contributed by atoms with Crippen LogP contribution in [0.2, 0.25) is 0 Å². The van der Waals surface area contributed by atoms with Gasteiger partial charge in [0.15, 0.2) is 6.29 Å². The van der Waals surface area contributed by atoms with Crippen LogP contribution in [0.5, 0.6) is 0 Å². The predicted octanol–water partition coefficient (Wildman–Crippen LogP) is 2.08. The summed E-state index contributed by atoms with van der Waals surface area (Å²) >= 11 is 0. The maximum Gasteiger partial charge on any atom is 0.433 e. The van der Waals surface area contributed by atoms with Crippen LogP contribution < -0.4 is 4.90 Å². The Labute approximate surface area is 120 Å². The molecule has 0 aromatic carbocycles. The van der Waals surface area contributed by atoms with Crippen LogP contribution in [-0.2, 0) is 15.7 Å². The molecule has 116 valence electrons. The topological polar surface area (TPSA) is 47.5 Å². The summed E-state index contributed by atoms with van der Waals surface area (Å²) in [7, 11) is 0. The Morgan fingerprint density at radius 2 is 2.00 bits per heavy atom. The number of halogens is 3. The molecule has 0 aliphatic carbocycles. The third-order valence-corrected chi connectivity index (χ3v) is 3.71. The first-order valence-corrected chi connectivity index (χ1v) is 6.92. The van der Waals surface area contributed by atoms with Crippen molar-refractivity contribution in [3.63, 3.8) is 0 Å². The lowest BCUT2D eigenvalue weighted by Gasteiger charge is -2.34. The maximum atomic E-state index is 12.7. The van der Waals surface area contributed by atoms with Crippen LogP contribution in [0.1, 0.15) is 18.5 Å². The van der Waals surface area contributed by atoms with Crippen molar-refractivity contribution in [2.75, 3.05) is 31.2 Å². The molecular weight excluding hydrogens is 287 g/mol. The molecule has 3 rings (SSSR count). The van der Waals surface area contributed by atoms with Crippen molar-refractivity contribution < 1.29 is 22.6 Å². The lowest BCUT2D eigenvalue weighted by molar-refractivity contribution is -0.141. The van der Waals surface area contributed by atoms with Crippen LogP contribution in [0.4, 0.5) is 19.1 Å². The van der Waals surface area contributed by atoms with Gasteiger partial charge in [-0.2, -0.15) is 13.2 Å². The van der Waals surface area contributed by atoms with Gasteiger partial charge in [-0.3, -0.25) is 0 Å². The zero-order valence-corrected chi connectivity index (χ0v) is 11.3. The second kappa shape index (κ2) is 5.76. The fourth-order valence-corrected chi connectivity index (χ4v) is 2.72. The van der Waals surface area contributed by atoms with Gasteiger partial charge in [0.25, 0.3) is 0 Å². The summed E-state index contributed by atoms with van der Waals surface area (Å²) in [5.74, 6) is 0.256. The minimum absolute atomic E-state index is 0.118. The van der Waals surface area contributed by atoms with Gasteiger partial charge in [0.1, 0.15) is 5.69 Å². The highest BCUT2D eigenvalue weighted by molar-refractivity contribution is 5.31. The molecule has 0 radical (unpaired) electrons. The van der Waals surface area contributed by atoms with E-state index < -0.39 is 11.9 Å². The summed E-state index contributed by atoms with van der Waals surface area (Å²) in [6.45, 7) is 2.33. The molecule has 1 aromatic heterocycles. The van der Waals surface area contributed by atoms with E-state index >= 15 is 0 Å². The van der Waals surface area contributed by atoms with Crippen molar-refractivity contribution in [2.24, 2.45) is 5.92 Å². The lowest BCUT2D eigenvalue weighted by Crippen LogP contribution is -2.41. The first-order chi connectivity index (χ1) is 10.0. The summed E-state index contributed by atoms with van der Waals surface area (Å²) in [5.41, 5.74) is -0.914. The van der Waals surface area contributed by atoms with Crippen LogP contribution in [0, 0.1) is 5.92 Å².